The molecule has 1 N–H and O–H groups in total. The van der Waals surface area contributed by atoms with Gasteiger partial charge in [-0.25, -0.2) is 0 Å². The SMILES string of the molecule is COC1C(O)OC(CBr)C(OC)C1OC. The molecule has 1 heterocycles. The van der Waals surface area contributed by atoms with Gasteiger partial charge in [0.05, 0.1) is 6.10 Å². The van der Waals surface area contributed by atoms with Crippen LogP contribution in [-0.2, 0) is 18.9 Å². The number of aliphatic hydroxyl groups excluding tert-OH is 1. The molecule has 5 atom stereocenters. The molecule has 0 aromatic heterocycles. The van der Waals surface area contributed by atoms with E-state index in [9.17, 15) is 5.11 Å². The molecule has 90 valence electrons. The zero-order valence-electron chi connectivity index (χ0n) is 9.05. The first-order valence-electron chi connectivity index (χ1n) is 4.67. The standard InChI is InChI=1S/C9H17BrO5/c1-12-6-5(4-10)15-9(11)8(14-3)7(6)13-2/h5-9,11H,4H2,1-3H3. The van der Waals surface area contributed by atoms with E-state index < -0.39 is 12.4 Å². The van der Waals surface area contributed by atoms with Gasteiger partial charge in [-0.05, 0) is 0 Å². The monoisotopic (exact) mass is 284 g/mol. The number of methoxy groups -OCH3 is 3. The van der Waals surface area contributed by atoms with Gasteiger partial charge >= 0.3 is 0 Å². The van der Waals surface area contributed by atoms with Gasteiger partial charge in [0.15, 0.2) is 6.29 Å². The Morgan fingerprint density at radius 2 is 1.60 bits per heavy atom. The van der Waals surface area contributed by atoms with Crippen LogP contribution < -0.4 is 0 Å². The van der Waals surface area contributed by atoms with Gasteiger partial charge in [0.1, 0.15) is 18.3 Å². The Hall–Kier alpha value is 0.280. The van der Waals surface area contributed by atoms with Gasteiger partial charge in [-0.15, -0.1) is 0 Å². The molecule has 1 saturated heterocycles. The molecule has 0 aliphatic carbocycles. The van der Waals surface area contributed by atoms with Gasteiger partial charge in [-0.3, -0.25) is 0 Å². The molecule has 0 saturated carbocycles. The van der Waals surface area contributed by atoms with Crippen molar-refractivity contribution < 1.29 is 24.1 Å². The van der Waals surface area contributed by atoms with Crippen LogP contribution in [0.25, 0.3) is 0 Å². The van der Waals surface area contributed by atoms with Gasteiger partial charge < -0.3 is 24.1 Å². The maximum atomic E-state index is 9.68. The molecule has 1 rings (SSSR count). The van der Waals surface area contributed by atoms with Crippen molar-refractivity contribution in [2.75, 3.05) is 26.7 Å². The summed E-state index contributed by atoms with van der Waals surface area (Å²) in [5.41, 5.74) is 0. The van der Waals surface area contributed by atoms with Crippen molar-refractivity contribution >= 4 is 15.9 Å². The zero-order valence-corrected chi connectivity index (χ0v) is 10.6. The third-order valence-corrected chi connectivity index (χ3v) is 3.22. The molecule has 0 aromatic carbocycles. The van der Waals surface area contributed by atoms with Crippen molar-refractivity contribution in [3.8, 4) is 0 Å². The van der Waals surface area contributed by atoms with Gasteiger partial charge in [0.2, 0.25) is 0 Å². The molecule has 5 nitrogen and oxygen atoms in total. The first-order valence-corrected chi connectivity index (χ1v) is 5.79. The van der Waals surface area contributed by atoms with Gasteiger partial charge in [-0.1, -0.05) is 15.9 Å². The first-order chi connectivity index (χ1) is 7.19. The Morgan fingerprint density at radius 1 is 1.07 bits per heavy atom. The Labute approximate surface area is 97.8 Å². The summed E-state index contributed by atoms with van der Waals surface area (Å²) in [6, 6.07) is 0. The van der Waals surface area contributed by atoms with E-state index in [1.54, 1.807) is 14.2 Å². The molecular formula is C9H17BrO5. The largest absolute Gasteiger partial charge is 0.376 e. The topological polar surface area (TPSA) is 57.2 Å². The van der Waals surface area contributed by atoms with Crippen LogP contribution in [-0.4, -0.2) is 62.5 Å². The van der Waals surface area contributed by atoms with Crippen LogP contribution in [0.3, 0.4) is 0 Å². The fourth-order valence-electron chi connectivity index (χ4n) is 1.82. The molecule has 0 radical (unpaired) electrons. The van der Waals surface area contributed by atoms with Crippen LogP contribution in [0, 0.1) is 0 Å². The summed E-state index contributed by atoms with van der Waals surface area (Å²) >= 11 is 3.31. The highest BCUT2D eigenvalue weighted by Gasteiger charge is 2.45. The molecular weight excluding hydrogens is 268 g/mol. The Balaban J connectivity index is 2.80. The number of alkyl halides is 1. The average molecular weight is 285 g/mol. The number of hydrogen-bond acceptors (Lipinski definition) is 5. The van der Waals surface area contributed by atoms with E-state index in [2.05, 4.69) is 15.9 Å². The maximum absolute atomic E-state index is 9.68. The van der Waals surface area contributed by atoms with Gasteiger partial charge in [0.25, 0.3) is 0 Å². The second-order valence-electron chi connectivity index (χ2n) is 3.32. The van der Waals surface area contributed by atoms with E-state index in [1.165, 1.54) is 7.11 Å². The minimum absolute atomic E-state index is 0.249. The summed E-state index contributed by atoms with van der Waals surface area (Å²) in [7, 11) is 4.65. The van der Waals surface area contributed by atoms with Gasteiger partial charge in [0, 0.05) is 26.7 Å². The van der Waals surface area contributed by atoms with E-state index >= 15 is 0 Å². The van der Waals surface area contributed by atoms with Crippen molar-refractivity contribution in [3.63, 3.8) is 0 Å². The molecule has 6 heteroatoms. The van der Waals surface area contributed by atoms with Crippen LogP contribution in [0.15, 0.2) is 0 Å². The van der Waals surface area contributed by atoms with Crippen molar-refractivity contribution in [1.82, 2.24) is 0 Å². The van der Waals surface area contributed by atoms with Crippen LogP contribution in [0.5, 0.6) is 0 Å². The molecule has 0 bridgehead atoms. The number of aliphatic hydroxyl groups is 1. The van der Waals surface area contributed by atoms with E-state index in [-0.39, 0.29) is 18.3 Å². The third kappa shape index (κ3) is 2.69. The summed E-state index contributed by atoms with van der Waals surface area (Å²) in [6.07, 6.45) is -2.38. The van der Waals surface area contributed by atoms with Crippen molar-refractivity contribution in [2.45, 2.75) is 30.7 Å². The summed E-state index contributed by atoms with van der Waals surface area (Å²) in [6.45, 7) is 0. The normalized spacial score (nSPS) is 41.8. The van der Waals surface area contributed by atoms with E-state index in [0.717, 1.165) is 0 Å². The predicted octanol–water partition coefficient (Wildman–Crippen LogP) is 0.143. The van der Waals surface area contributed by atoms with Gasteiger partial charge in [-0.2, -0.15) is 0 Å². The van der Waals surface area contributed by atoms with Crippen molar-refractivity contribution in [1.29, 1.82) is 0 Å². The quantitative estimate of drug-likeness (QED) is 0.745. The lowest BCUT2D eigenvalue weighted by molar-refractivity contribution is -0.290. The molecule has 1 fully saturated rings. The highest BCUT2D eigenvalue weighted by atomic mass is 79.9. The molecule has 15 heavy (non-hydrogen) atoms. The maximum Gasteiger partial charge on any atom is 0.184 e. The molecule has 1 aliphatic rings. The molecule has 0 amide bonds. The number of halogens is 1. The van der Waals surface area contributed by atoms with Crippen molar-refractivity contribution in [2.24, 2.45) is 0 Å². The number of hydrogen-bond donors (Lipinski definition) is 1. The third-order valence-electron chi connectivity index (χ3n) is 2.58. The predicted molar refractivity (Wildman–Crippen MR) is 57.1 cm³/mol. The van der Waals surface area contributed by atoms with Crippen LogP contribution in [0.4, 0.5) is 0 Å². The zero-order chi connectivity index (χ0) is 11.4. The average Bonchev–Trinajstić information content (AvgIpc) is 2.27. The molecule has 1 aliphatic heterocycles. The minimum Gasteiger partial charge on any atom is -0.376 e. The lowest BCUT2D eigenvalue weighted by atomic mass is 9.99. The van der Waals surface area contributed by atoms with Crippen LogP contribution in [0.1, 0.15) is 0 Å². The highest BCUT2D eigenvalue weighted by molar-refractivity contribution is 9.09. The summed E-state index contributed by atoms with van der Waals surface area (Å²) in [4.78, 5) is 0. The van der Waals surface area contributed by atoms with Crippen molar-refractivity contribution in [3.05, 3.63) is 0 Å². The lowest BCUT2D eigenvalue weighted by Gasteiger charge is -2.42. The van der Waals surface area contributed by atoms with E-state index in [0.29, 0.717) is 5.33 Å². The Kier molecular flexibility index (Phi) is 5.45. The Morgan fingerprint density at radius 3 is 2.00 bits per heavy atom. The molecule has 0 spiro atoms. The molecule has 5 unspecified atom stereocenters. The fourth-order valence-corrected chi connectivity index (χ4v) is 2.34. The van der Waals surface area contributed by atoms with Crippen LogP contribution in [0.2, 0.25) is 0 Å². The highest BCUT2D eigenvalue weighted by Crippen LogP contribution is 2.26. The summed E-state index contributed by atoms with van der Waals surface area (Å²) < 4.78 is 21.1. The van der Waals surface area contributed by atoms with E-state index in [4.69, 9.17) is 18.9 Å². The second-order valence-corrected chi connectivity index (χ2v) is 3.97. The minimum atomic E-state index is -0.992. The van der Waals surface area contributed by atoms with E-state index in [1.807, 2.05) is 0 Å². The lowest BCUT2D eigenvalue weighted by Crippen LogP contribution is -2.59. The number of rotatable bonds is 4. The van der Waals surface area contributed by atoms with Crippen LogP contribution >= 0.6 is 15.9 Å². The summed E-state index contributed by atoms with van der Waals surface area (Å²) in [5.74, 6) is 0. The number of ether oxygens (including phenoxy) is 4. The second kappa shape index (κ2) is 6.12. The first kappa shape index (κ1) is 13.3. The fraction of sp³-hybridized carbons (Fsp3) is 1.00. The summed E-state index contributed by atoms with van der Waals surface area (Å²) in [5, 5.41) is 10.2. The molecule has 0 aromatic rings. The smallest absolute Gasteiger partial charge is 0.184 e. The Bertz CT molecular complexity index is 191.